The molecule has 0 bridgehead atoms. The van der Waals surface area contributed by atoms with E-state index < -0.39 is 0 Å². The van der Waals surface area contributed by atoms with Crippen LogP contribution in [-0.4, -0.2) is 49.2 Å². The molecule has 1 fully saturated rings. The number of hydrogen-bond donors (Lipinski definition) is 1. The zero-order valence-electron chi connectivity index (χ0n) is 11.3. The summed E-state index contributed by atoms with van der Waals surface area (Å²) in [6.45, 7) is 6.39. The van der Waals surface area contributed by atoms with Gasteiger partial charge in [-0.25, -0.2) is 0 Å². The summed E-state index contributed by atoms with van der Waals surface area (Å²) in [7, 11) is 0. The van der Waals surface area contributed by atoms with E-state index in [1.165, 1.54) is 6.42 Å². The number of carbonyl (C=O) groups is 1. The van der Waals surface area contributed by atoms with Gasteiger partial charge in [-0.05, 0) is 33.1 Å². The van der Waals surface area contributed by atoms with E-state index in [0.717, 1.165) is 25.9 Å². The fourth-order valence-corrected chi connectivity index (χ4v) is 2.02. The normalized spacial score (nSPS) is 19.1. The van der Waals surface area contributed by atoms with E-state index in [9.17, 15) is 4.79 Å². The summed E-state index contributed by atoms with van der Waals surface area (Å²) in [6, 6.07) is 1.83. The second kappa shape index (κ2) is 8.06. The zero-order chi connectivity index (χ0) is 13.4. The quantitative estimate of drug-likeness (QED) is 0.714. The summed E-state index contributed by atoms with van der Waals surface area (Å²) < 4.78 is 5.22. The summed E-state index contributed by atoms with van der Waals surface area (Å²) in [4.78, 5) is 14.0. The minimum absolute atomic E-state index is 0.169. The van der Waals surface area contributed by atoms with E-state index in [1.54, 1.807) is 6.92 Å². The number of hydrogen-bond acceptors (Lipinski definition) is 4. The van der Waals surface area contributed by atoms with Gasteiger partial charge >= 0.3 is 0 Å². The van der Waals surface area contributed by atoms with E-state index in [4.69, 9.17) is 10.00 Å². The first-order valence-corrected chi connectivity index (χ1v) is 6.68. The van der Waals surface area contributed by atoms with Crippen molar-refractivity contribution in [2.45, 2.75) is 45.3 Å². The van der Waals surface area contributed by atoms with E-state index in [2.05, 4.69) is 5.32 Å². The highest BCUT2D eigenvalue weighted by atomic mass is 16.5. The van der Waals surface area contributed by atoms with E-state index in [-0.39, 0.29) is 18.1 Å². The van der Waals surface area contributed by atoms with Crippen molar-refractivity contribution in [2.75, 3.05) is 26.2 Å². The van der Waals surface area contributed by atoms with Crippen LogP contribution in [-0.2, 0) is 9.53 Å². The Bertz CT molecular complexity index is 295. The molecule has 0 aliphatic carbocycles. The molecule has 1 saturated heterocycles. The molecule has 0 aromatic heterocycles. The lowest BCUT2D eigenvalue weighted by Gasteiger charge is -2.29. The van der Waals surface area contributed by atoms with Crippen molar-refractivity contribution < 1.29 is 9.53 Å². The van der Waals surface area contributed by atoms with Gasteiger partial charge < -0.3 is 15.0 Å². The van der Waals surface area contributed by atoms with Crippen LogP contribution in [0.4, 0.5) is 0 Å². The summed E-state index contributed by atoms with van der Waals surface area (Å²) >= 11 is 0. The Morgan fingerprint density at radius 1 is 1.39 bits per heavy atom. The number of nitrogens with one attached hydrogen (secondary N) is 1. The molecule has 0 aromatic carbocycles. The van der Waals surface area contributed by atoms with Gasteiger partial charge in [0.1, 0.15) is 6.10 Å². The molecule has 5 nitrogen and oxygen atoms in total. The molecule has 1 aliphatic rings. The zero-order valence-corrected chi connectivity index (χ0v) is 11.3. The van der Waals surface area contributed by atoms with E-state index in [1.807, 2.05) is 17.9 Å². The molecular weight excluding hydrogens is 230 g/mol. The lowest BCUT2D eigenvalue weighted by Crippen LogP contribution is -2.47. The molecular formula is C13H23N3O2. The minimum Gasteiger partial charge on any atom is -0.362 e. The molecule has 1 amide bonds. The highest BCUT2D eigenvalue weighted by Gasteiger charge is 2.21. The Hall–Kier alpha value is -1.12. The van der Waals surface area contributed by atoms with Crippen LogP contribution in [0.3, 0.4) is 0 Å². The third-order valence-corrected chi connectivity index (χ3v) is 3.14. The number of nitrogens with zero attached hydrogens (tertiary/aromatic N) is 2. The largest absolute Gasteiger partial charge is 0.362 e. The fourth-order valence-electron chi connectivity index (χ4n) is 2.02. The average Bonchev–Trinajstić information content (AvgIpc) is 2.43. The molecule has 1 aliphatic heterocycles. The standard InChI is InChI=1S/C13H23N3O2/c1-11(10-14)18-9-6-15-12(2)13(17)16-7-4-3-5-8-16/h11-12,15H,3-9H2,1-2H3. The van der Waals surface area contributed by atoms with Gasteiger partial charge in [-0.15, -0.1) is 0 Å². The van der Waals surface area contributed by atoms with E-state index >= 15 is 0 Å². The lowest BCUT2D eigenvalue weighted by atomic mass is 10.1. The number of amides is 1. The van der Waals surface area contributed by atoms with Gasteiger partial charge in [0.15, 0.2) is 0 Å². The number of ether oxygens (including phenoxy) is 1. The van der Waals surface area contributed by atoms with Gasteiger partial charge in [-0.1, -0.05) is 0 Å². The highest BCUT2D eigenvalue weighted by Crippen LogP contribution is 2.09. The molecule has 2 unspecified atom stereocenters. The van der Waals surface area contributed by atoms with Crippen molar-refractivity contribution in [3.63, 3.8) is 0 Å². The Morgan fingerprint density at radius 2 is 2.06 bits per heavy atom. The van der Waals surface area contributed by atoms with Crippen LogP contribution < -0.4 is 5.32 Å². The van der Waals surface area contributed by atoms with Crippen LogP contribution in [0.2, 0.25) is 0 Å². The fraction of sp³-hybridized carbons (Fsp3) is 0.846. The Labute approximate surface area is 109 Å². The second-order valence-corrected chi connectivity index (χ2v) is 4.70. The molecule has 0 radical (unpaired) electrons. The maximum Gasteiger partial charge on any atom is 0.239 e. The Morgan fingerprint density at radius 3 is 2.67 bits per heavy atom. The molecule has 1 N–H and O–H groups in total. The van der Waals surface area contributed by atoms with E-state index in [0.29, 0.717) is 13.2 Å². The monoisotopic (exact) mass is 253 g/mol. The van der Waals surface area contributed by atoms with Crippen molar-refractivity contribution in [1.82, 2.24) is 10.2 Å². The predicted octanol–water partition coefficient (Wildman–Crippen LogP) is 0.906. The first kappa shape index (κ1) is 14.9. The Kier molecular flexibility index (Phi) is 6.69. The summed E-state index contributed by atoms with van der Waals surface area (Å²) in [5.74, 6) is 0.169. The third kappa shape index (κ3) is 5.03. The van der Waals surface area contributed by atoms with Crippen molar-refractivity contribution in [2.24, 2.45) is 0 Å². The number of rotatable bonds is 6. The summed E-state index contributed by atoms with van der Waals surface area (Å²) in [5, 5.41) is 11.7. The molecule has 1 heterocycles. The third-order valence-electron chi connectivity index (χ3n) is 3.14. The summed E-state index contributed by atoms with van der Waals surface area (Å²) in [6.07, 6.45) is 3.06. The van der Waals surface area contributed by atoms with Crippen molar-refractivity contribution in [1.29, 1.82) is 5.26 Å². The van der Waals surface area contributed by atoms with Gasteiger partial charge in [-0.2, -0.15) is 5.26 Å². The molecule has 18 heavy (non-hydrogen) atoms. The maximum absolute atomic E-state index is 12.1. The predicted molar refractivity (Wildman–Crippen MR) is 68.9 cm³/mol. The molecule has 0 spiro atoms. The van der Waals surface area contributed by atoms with Crippen LogP contribution in [0.25, 0.3) is 0 Å². The molecule has 102 valence electrons. The Balaban J connectivity index is 2.17. The van der Waals surface area contributed by atoms with Crippen LogP contribution in [0.5, 0.6) is 0 Å². The maximum atomic E-state index is 12.1. The van der Waals surface area contributed by atoms with Crippen molar-refractivity contribution >= 4 is 5.91 Å². The van der Waals surface area contributed by atoms with Crippen LogP contribution in [0.15, 0.2) is 0 Å². The lowest BCUT2D eigenvalue weighted by molar-refractivity contribution is -0.134. The first-order valence-electron chi connectivity index (χ1n) is 6.68. The molecule has 1 rings (SSSR count). The van der Waals surface area contributed by atoms with Crippen LogP contribution in [0.1, 0.15) is 33.1 Å². The smallest absolute Gasteiger partial charge is 0.239 e. The number of carbonyl (C=O) groups excluding carboxylic acids is 1. The van der Waals surface area contributed by atoms with Gasteiger partial charge in [-0.3, -0.25) is 4.79 Å². The SMILES string of the molecule is CC(C#N)OCCNC(C)C(=O)N1CCCCC1. The van der Waals surface area contributed by atoms with Gasteiger partial charge in [0.2, 0.25) is 5.91 Å². The molecule has 5 heteroatoms. The number of likely N-dealkylation sites (tertiary alicyclic amines) is 1. The van der Waals surface area contributed by atoms with Gasteiger partial charge in [0.05, 0.1) is 18.7 Å². The van der Waals surface area contributed by atoms with Crippen molar-refractivity contribution in [3.8, 4) is 6.07 Å². The summed E-state index contributed by atoms with van der Waals surface area (Å²) in [5.41, 5.74) is 0. The van der Waals surface area contributed by atoms with Crippen molar-refractivity contribution in [3.05, 3.63) is 0 Å². The topological polar surface area (TPSA) is 65.4 Å². The van der Waals surface area contributed by atoms with Gasteiger partial charge in [0.25, 0.3) is 0 Å². The average molecular weight is 253 g/mol. The second-order valence-electron chi connectivity index (χ2n) is 4.70. The molecule has 2 atom stereocenters. The highest BCUT2D eigenvalue weighted by molar-refractivity contribution is 5.81. The minimum atomic E-state index is -0.389. The van der Waals surface area contributed by atoms with Crippen LogP contribution in [0, 0.1) is 11.3 Å². The molecule has 0 aromatic rings. The number of piperidine rings is 1. The van der Waals surface area contributed by atoms with Crippen LogP contribution >= 0.6 is 0 Å². The number of nitriles is 1. The first-order chi connectivity index (χ1) is 8.65. The molecule has 0 saturated carbocycles. The van der Waals surface area contributed by atoms with Gasteiger partial charge in [0, 0.05) is 19.6 Å².